The van der Waals surface area contributed by atoms with Crippen molar-refractivity contribution in [3.63, 3.8) is 0 Å². The maximum Gasteiger partial charge on any atom is 0.216 e. The monoisotopic (exact) mass is 261 g/mol. The van der Waals surface area contributed by atoms with Crippen molar-refractivity contribution >= 4 is 28.4 Å². The molecule has 2 aromatic carbocycles. The lowest BCUT2D eigenvalue weighted by atomic mass is 10.1. The van der Waals surface area contributed by atoms with Gasteiger partial charge in [0.2, 0.25) is 5.91 Å². The zero-order valence-electron chi connectivity index (χ0n) is 10.1. The molecule has 2 aromatic rings. The zero-order valence-corrected chi connectivity index (χ0v) is 11.0. The van der Waals surface area contributed by atoms with Crippen molar-refractivity contribution in [2.75, 3.05) is 12.3 Å². The summed E-state index contributed by atoms with van der Waals surface area (Å²) in [6.45, 7) is 2.16. The van der Waals surface area contributed by atoms with Crippen LogP contribution in [0.25, 0.3) is 10.8 Å². The Morgan fingerprint density at radius 3 is 2.67 bits per heavy atom. The molecule has 0 aliphatic heterocycles. The average Bonchev–Trinajstić information content (AvgIpc) is 2.37. The maximum atomic E-state index is 10.8. The summed E-state index contributed by atoms with van der Waals surface area (Å²) in [5.41, 5.74) is 0. The number of hydrogen-bond donors (Lipinski definition) is 2. The first kappa shape index (κ1) is 12.8. The Hall–Kier alpha value is -1.68. The summed E-state index contributed by atoms with van der Waals surface area (Å²) in [6.07, 6.45) is 0. The minimum Gasteiger partial charge on any atom is -0.507 e. The third-order valence-corrected chi connectivity index (χ3v) is 3.67. The minimum absolute atomic E-state index is 0.00818. The highest BCUT2D eigenvalue weighted by Crippen LogP contribution is 2.32. The van der Waals surface area contributed by atoms with Gasteiger partial charge in [-0.15, -0.1) is 11.8 Å². The largest absolute Gasteiger partial charge is 0.507 e. The Balaban J connectivity index is 2.14. The van der Waals surface area contributed by atoms with Gasteiger partial charge in [0.25, 0.3) is 0 Å². The molecular weight excluding hydrogens is 246 g/mol. The molecule has 4 heteroatoms. The first-order valence-electron chi connectivity index (χ1n) is 5.76. The lowest BCUT2D eigenvalue weighted by Crippen LogP contribution is -2.22. The van der Waals surface area contributed by atoms with Crippen LogP contribution in [0.15, 0.2) is 41.3 Å². The molecular formula is C14H15NO2S. The molecule has 0 saturated heterocycles. The number of benzene rings is 2. The molecule has 0 aliphatic rings. The highest BCUT2D eigenvalue weighted by atomic mass is 32.2. The Labute approximate surface area is 110 Å². The van der Waals surface area contributed by atoms with E-state index < -0.39 is 0 Å². The van der Waals surface area contributed by atoms with Crippen molar-refractivity contribution in [1.29, 1.82) is 0 Å². The molecule has 0 bridgehead atoms. The predicted molar refractivity (Wildman–Crippen MR) is 75.0 cm³/mol. The minimum atomic E-state index is -0.00818. The maximum absolute atomic E-state index is 10.8. The van der Waals surface area contributed by atoms with Gasteiger partial charge in [-0.3, -0.25) is 4.79 Å². The first-order valence-corrected chi connectivity index (χ1v) is 6.75. The molecule has 3 nitrogen and oxygen atoms in total. The normalized spacial score (nSPS) is 10.5. The SMILES string of the molecule is CC(=O)NCCSc1ccc(O)c2ccccc12. The number of rotatable bonds is 4. The van der Waals surface area contributed by atoms with Gasteiger partial charge in [0.05, 0.1) is 0 Å². The lowest BCUT2D eigenvalue weighted by molar-refractivity contribution is -0.118. The Bertz CT molecular complexity index is 569. The quantitative estimate of drug-likeness (QED) is 0.657. The summed E-state index contributed by atoms with van der Waals surface area (Å²) in [5, 5.41) is 14.4. The highest BCUT2D eigenvalue weighted by molar-refractivity contribution is 7.99. The molecule has 1 amide bonds. The van der Waals surface area contributed by atoms with Crippen LogP contribution in [-0.2, 0) is 4.79 Å². The number of aromatic hydroxyl groups is 1. The number of carbonyl (C=O) groups is 1. The van der Waals surface area contributed by atoms with Crippen molar-refractivity contribution in [2.45, 2.75) is 11.8 Å². The second-order valence-electron chi connectivity index (χ2n) is 3.96. The van der Waals surface area contributed by atoms with E-state index in [4.69, 9.17) is 0 Å². The molecule has 18 heavy (non-hydrogen) atoms. The van der Waals surface area contributed by atoms with Gasteiger partial charge >= 0.3 is 0 Å². The molecule has 0 spiro atoms. The smallest absolute Gasteiger partial charge is 0.216 e. The molecule has 0 heterocycles. The van der Waals surface area contributed by atoms with E-state index in [0.717, 1.165) is 21.4 Å². The number of phenolic OH excluding ortho intramolecular Hbond substituents is 1. The van der Waals surface area contributed by atoms with E-state index in [9.17, 15) is 9.90 Å². The molecule has 0 aromatic heterocycles. The van der Waals surface area contributed by atoms with Gasteiger partial charge < -0.3 is 10.4 Å². The third-order valence-electron chi connectivity index (χ3n) is 2.59. The first-order chi connectivity index (χ1) is 8.68. The second kappa shape index (κ2) is 5.78. The van der Waals surface area contributed by atoms with E-state index in [1.165, 1.54) is 6.92 Å². The van der Waals surface area contributed by atoms with Crippen LogP contribution in [0.3, 0.4) is 0 Å². The number of nitrogens with one attached hydrogen (secondary N) is 1. The van der Waals surface area contributed by atoms with E-state index in [2.05, 4.69) is 5.32 Å². The summed E-state index contributed by atoms with van der Waals surface area (Å²) < 4.78 is 0. The van der Waals surface area contributed by atoms with E-state index >= 15 is 0 Å². The van der Waals surface area contributed by atoms with Crippen LogP contribution in [0.4, 0.5) is 0 Å². The molecule has 94 valence electrons. The second-order valence-corrected chi connectivity index (χ2v) is 5.10. The van der Waals surface area contributed by atoms with E-state index in [1.807, 2.05) is 30.3 Å². The fourth-order valence-electron chi connectivity index (χ4n) is 1.77. The average molecular weight is 261 g/mol. The van der Waals surface area contributed by atoms with Crippen LogP contribution < -0.4 is 5.32 Å². The summed E-state index contributed by atoms with van der Waals surface area (Å²) >= 11 is 1.67. The van der Waals surface area contributed by atoms with Crippen LogP contribution in [0.5, 0.6) is 5.75 Å². The molecule has 0 aliphatic carbocycles. The number of thioether (sulfide) groups is 1. The molecule has 0 unspecified atom stereocenters. The fourth-order valence-corrected chi connectivity index (χ4v) is 2.69. The van der Waals surface area contributed by atoms with Crippen molar-refractivity contribution in [3.05, 3.63) is 36.4 Å². The molecule has 0 radical (unpaired) electrons. The predicted octanol–water partition coefficient (Wildman–Crippen LogP) is 2.77. The standard InChI is InChI=1S/C14H15NO2S/c1-10(16)15-8-9-18-14-7-6-13(17)11-4-2-3-5-12(11)14/h2-7,17H,8-9H2,1H3,(H,15,16). The van der Waals surface area contributed by atoms with E-state index in [0.29, 0.717) is 12.3 Å². The van der Waals surface area contributed by atoms with Crippen molar-refractivity contribution < 1.29 is 9.90 Å². The molecule has 0 atom stereocenters. The Kier molecular flexibility index (Phi) is 4.10. The topological polar surface area (TPSA) is 49.3 Å². The van der Waals surface area contributed by atoms with Gasteiger partial charge in [-0.1, -0.05) is 24.3 Å². The van der Waals surface area contributed by atoms with Crippen molar-refractivity contribution in [1.82, 2.24) is 5.32 Å². The number of fused-ring (bicyclic) bond motifs is 1. The Morgan fingerprint density at radius 2 is 1.94 bits per heavy atom. The number of hydrogen-bond acceptors (Lipinski definition) is 3. The number of phenols is 1. The van der Waals surface area contributed by atoms with Gasteiger partial charge in [-0.25, -0.2) is 0 Å². The van der Waals surface area contributed by atoms with E-state index in [-0.39, 0.29) is 5.91 Å². The summed E-state index contributed by atoms with van der Waals surface area (Å²) in [7, 11) is 0. The van der Waals surface area contributed by atoms with Gasteiger partial charge in [0.15, 0.2) is 0 Å². The summed E-state index contributed by atoms with van der Waals surface area (Å²) in [6, 6.07) is 11.4. The van der Waals surface area contributed by atoms with Crippen LogP contribution in [-0.4, -0.2) is 23.3 Å². The molecule has 0 fully saturated rings. The Morgan fingerprint density at radius 1 is 1.22 bits per heavy atom. The van der Waals surface area contributed by atoms with Crippen LogP contribution in [0, 0.1) is 0 Å². The van der Waals surface area contributed by atoms with Crippen LogP contribution in [0.1, 0.15) is 6.92 Å². The van der Waals surface area contributed by atoms with E-state index in [1.54, 1.807) is 17.8 Å². The van der Waals surface area contributed by atoms with Crippen molar-refractivity contribution in [3.8, 4) is 5.75 Å². The molecule has 0 saturated carbocycles. The number of amides is 1. The lowest BCUT2D eigenvalue weighted by Gasteiger charge is -2.08. The fraction of sp³-hybridized carbons (Fsp3) is 0.214. The summed E-state index contributed by atoms with van der Waals surface area (Å²) in [5.74, 6) is 1.11. The third kappa shape index (κ3) is 2.96. The van der Waals surface area contributed by atoms with Crippen LogP contribution in [0.2, 0.25) is 0 Å². The molecule has 2 N–H and O–H groups in total. The zero-order chi connectivity index (χ0) is 13.0. The number of carbonyl (C=O) groups excluding carboxylic acids is 1. The summed E-state index contributed by atoms with van der Waals surface area (Å²) in [4.78, 5) is 11.9. The van der Waals surface area contributed by atoms with Gasteiger partial charge in [0.1, 0.15) is 5.75 Å². The highest BCUT2D eigenvalue weighted by Gasteiger charge is 2.04. The molecule has 2 rings (SSSR count). The van der Waals surface area contributed by atoms with Gasteiger partial charge in [-0.2, -0.15) is 0 Å². The van der Waals surface area contributed by atoms with Gasteiger partial charge in [0, 0.05) is 29.5 Å². The van der Waals surface area contributed by atoms with Gasteiger partial charge in [-0.05, 0) is 17.5 Å². The van der Waals surface area contributed by atoms with Crippen LogP contribution >= 0.6 is 11.8 Å². The van der Waals surface area contributed by atoms with Crippen molar-refractivity contribution in [2.24, 2.45) is 0 Å².